The first-order chi connectivity index (χ1) is 12.4. The number of methoxy groups -OCH3 is 1. The highest BCUT2D eigenvalue weighted by molar-refractivity contribution is 6.32. The van der Waals surface area contributed by atoms with E-state index >= 15 is 0 Å². The molecule has 0 fully saturated rings. The van der Waals surface area contributed by atoms with Gasteiger partial charge in [0.2, 0.25) is 5.91 Å². The Morgan fingerprint density at radius 1 is 1.12 bits per heavy atom. The van der Waals surface area contributed by atoms with E-state index in [1.807, 2.05) is 38.1 Å². The Morgan fingerprint density at radius 3 is 2.54 bits per heavy atom. The van der Waals surface area contributed by atoms with Crippen LogP contribution in [0.1, 0.15) is 26.3 Å². The molecule has 26 heavy (non-hydrogen) atoms. The number of amides is 1. The molecule has 2 aromatic carbocycles. The van der Waals surface area contributed by atoms with Gasteiger partial charge >= 0.3 is 0 Å². The average molecular weight is 377 g/mol. The zero-order valence-electron chi connectivity index (χ0n) is 15.5. The molecule has 0 radical (unpaired) electrons. The van der Waals surface area contributed by atoms with Crippen LogP contribution in [0.2, 0.25) is 5.02 Å². The molecule has 0 aliphatic carbocycles. The summed E-state index contributed by atoms with van der Waals surface area (Å²) in [6.07, 6.45) is 0.174. The Kier molecular flexibility index (Phi) is 7.30. The van der Waals surface area contributed by atoms with E-state index in [0.29, 0.717) is 23.1 Å². The van der Waals surface area contributed by atoms with Gasteiger partial charge in [0.1, 0.15) is 11.8 Å². The van der Waals surface area contributed by atoms with Crippen LogP contribution in [-0.4, -0.2) is 25.2 Å². The predicted octanol–water partition coefficient (Wildman–Crippen LogP) is 4.71. The molecule has 2 rings (SSSR count). The van der Waals surface area contributed by atoms with E-state index in [0.717, 1.165) is 11.3 Å². The van der Waals surface area contributed by atoms with Crippen LogP contribution in [0.25, 0.3) is 0 Å². The van der Waals surface area contributed by atoms with Crippen molar-refractivity contribution in [3.8, 4) is 5.75 Å². The summed E-state index contributed by atoms with van der Waals surface area (Å²) < 4.78 is 10.7. The molecule has 1 atom stereocenters. The molecule has 0 saturated carbocycles. The number of halogens is 1. The zero-order valence-corrected chi connectivity index (χ0v) is 16.3. The number of hydrogen-bond donors (Lipinski definition) is 2. The summed E-state index contributed by atoms with van der Waals surface area (Å²) in [5.74, 6) is 0.409. The van der Waals surface area contributed by atoms with Gasteiger partial charge in [0.05, 0.1) is 24.8 Å². The van der Waals surface area contributed by atoms with Crippen molar-refractivity contribution in [1.82, 2.24) is 0 Å². The molecule has 1 unspecified atom stereocenters. The Hall–Kier alpha value is -2.24. The molecule has 5 nitrogen and oxygen atoms in total. The predicted molar refractivity (Wildman–Crippen MR) is 106 cm³/mol. The molecule has 0 saturated heterocycles. The lowest BCUT2D eigenvalue weighted by atomic mass is 10.2. The lowest BCUT2D eigenvalue weighted by Gasteiger charge is -2.17. The van der Waals surface area contributed by atoms with Crippen molar-refractivity contribution in [2.45, 2.75) is 39.5 Å². The fourth-order valence-electron chi connectivity index (χ4n) is 2.32. The zero-order chi connectivity index (χ0) is 19.1. The first-order valence-corrected chi connectivity index (χ1v) is 8.88. The van der Waals surface area contributed by atoms with Crippen LogP contribution in [0, 0.1) is 0 Å². The van der Waals surface area contributed by atoms with Crippen LogP contribution in [0.15, 0.2) is 42.5 Å². The van der Waals surface area contributed by atoms with Crippen LogP contribution < -0.4 is 15.4 Å². The van der Waals surface area contributed by atoms with Crippen LogP contribution in [0.4, 0.5) is 11.4 Å². The minimum absolute atomic E-state index is 0.157. The van der Waals surface area contributed by atoms with Gasteiger partial charge in [0, 0.05) is 11.4 Å². The van der Waals surface area contributed by atoms with Crippen LogP contribution in [0.5, 0.6) is 5.75 Å². The van der Waals surface area contributed by atoms with E-state index in [1.54, 1.807) is 32.2 Å². The Balaban J connectivity index is 1.96. The van der Waals surface area contributed by atoms with Crippen LogP contribution in [-0.2, 0) is 16.1 Å². The molecule has 2 N–H and O–H groups in total. The van der Waals surface area contributed by atoms with Gasteiger partial charge in [-0.15, -0.1) is 0 Å². The first kappa shape index (κ1) is 20.1. The third kappa shape index (κ3) is 5.93. The van der Waals surface area contributed by atoms with Gasteiger partial charge in [-0.2, -0.15) is 0 Å². The van der Waals surface area contributed by atoms with Gasteiger partial charge in [0.15, 0.2) is 0 Å². The van der Waals surface area contributed by atoms with E-state index in [9.17, 15) is 4.79 Å². The molecule has 0 spiro atoms. The normalized spacial score (nSPS) is 11.9. The van der Waals surface area contributed by atoms with Crippen molar-refractivity contribution in [2.24, 2.45) is 0 Å². The third-order valence-corrected chi connectivity index (χ3v) is 4.00. The van der Waals surface area contributed by atoms with Crippen LogP contribution in [0.3, 0.4) is 0 Å². The summed E-state index contributed by atoms with van der Waals surface area (Å²) in [6, 6.07) is 12.6. The molecule has 0 heterocycles. The summed E-state index contributed by atoms with van der Waals surface area (Å²) in [4.78, 5) is 12.4. The van der Waals surface area contributed by atoms with Gasteiger partial charge < -0.3 is 20.1 Å². The smallest absolute Gasteiger partial charge is 0.246 e. The van der Waals surface area contributed by atoms with Gasteiger partial charge in [-0.05, 0) is 56.7 Å². The number of benzene rings is 2. The summed E-state index contributed by atoms with van der Waals surface area (Å²) in [6.45, 7) is 6.34. The quantitative estimate of drug-likeness (QED) is 0.700. The number of ether oxygens (including phenoxy) is 2. The molecule has 1 amide bonds. The van der Waals surface area contributed by atoms with Crippen molar-refractivity contribution < 1.29 is 14.3 Å². The van der Waals surface area contributed by atoms with Crippen molar-refractivity contribution in [3.05, 3.63) is 53.1 Å². The van der Waals surface area contributed by atoms with Crippen molar-refractivity contribution >= 4 is 28.9 Å². The number of nitrogens with one attached hydrogen (secondary N) is 2. The molecular weight excluding hydrogens is 352 g/mol. The standard InChI is InChI=1S/C20H25ClN2O3/c1-13(2)26-12-15-6-5-7-16(10-15)22-14(3)20(24)23-17-8-9-19(25-4)18(21)11-17/h5-11,13-14,22H,12H2,1-4H3,(H,23,24). The van der Waals surface area contributed by atoms with E-state index in [-0.39, 0.29) is 12.0 Å². The van der Waals surface area contributed by atoms with E-state index in [4.69, 9.17) is 21.1 Å². The summed E-state index contributed by atoms with van der Waals surface area (Å²) in [7, 11) is 1.55. The Morgan fingerprint density at radius 2 is 1.88 bits per heavy atom. The topological polar surface area (TPSA) is 59.6 Å². The minimum atomic E-state index is -0.419. The van der Waals surface area contributed by atoms with Gasteiger partial charge in [0.25, 0.3) is 0 Å². The van der Waals surface area contributed by atoms with Crippen molar-refractivity contribution in [3.63, 3.8) is 0 Å². The van der Waals surface area contributed by atoms with Gasteiger partial charge in [-0.1, -0.05) is 23.7 Å². The lowest BCUT2D eigenvalue weighted by Crippen LogP contribution is -2.31. The second kappa shape index (κ2) is 9.46. The maximum Gasteiger partial charge on any atom is 0.246 e. The first-order valence-electron chi connectivity index (χ1n) is 8.50. The maximum absolute atomic E-state index is 12.4. The largest absolute Gasteiger partial charge is 0.495 e. The Bertz CT molecular complexity index is 750. The molecular formula is C20H25ClN2O3. The van der Waals surface area contributed by atoms with E-state index < -0.39 is 6.04 Å². The summed E-state index contributed by atoms with van der Waals surface area (Å²) >= 11 is 6.09. The van der Waals surface area contributed by atoms with E-state index in [1.165, 1.54) is 0 Å². The SMILES string of the molecule is COc1ccc(NC(=O)C(C)Nc2cccc(COC(C)C)c2)cc1Cl. The summed E-state index contributed by atoms with van der Waals surface area (Å²) in [5, 5.41) is 6.49. The number of anilines is 2. The Labute approximate surface area is 159 Å². The number of rotatable bonds is 8. The van der Waals surface area contributed by atoms with E-state index in [2.05, 4.69) is 10.6 Å². The molecule has 6 heteroatoms. The van der Waals surface area contributed by atoms with Gasteiger partial charge in [-0.3, -0.25) is 4.79 Å². The molecule has 0 aromatic heterocycles. The molecule has 0 aliphatic rings. The average Bonchev–Trinajstić information content (AvgIpc) is 2.60. The highest BCUT2D eigenvalue weighted by Crippen LogP contribution is 2.27. The van der Waals surface area contributed by atoms with Gasteiger partial charge in [-0.25, -0.2) is 0 Å². The molecule has 140 valence electrons. The number of hydrogen-bond acceptors (Lipinski definition) is 4. The fourth-order valence-corrected chi connectivity index (χ4v) is 2.58. The minimum Gasteiger partial charge on any atom is -0.495 e. The maximum atomic E-state index is 12.4. The third-order valence-electron chi connectivity index (χ3n) is 3.71. The highest BCUT2D eigenvalue weighted by Gasteiger charge is 2.14. The van der Waals surface area contributed by atoms with Crippen molar-refractivity contribution in [1.29, 1.82) is 0 Å². The summed E-state index contributed by atoms with van der Waals surface area (Å²) in [5.41, 5.74) is 2.54. The second-order valence-corrected chi connectivity index (χ2v) is 6.67. The second-order valence-electron chi connectivity index (χ2n) is 6.26. The van der Waals surface area contributed by atoms with Crippen LogP contribution >= 0.6 is 11.6 Å². The molecule has 0 aliphatic heterocycles. The molecule has 0 bridgehead atoms. The van der Waals surface area contributed by atoms with Crippen molar-refractivity contribution in [2.75, 3.05) is 17.7 Å². The lowest BCUT2D eigenvalue weighted by molar-refractivity contribution is -0.116. The monoisotopic (exact) mass is 376 g/mol. The highest BCUT2D eigenvalue weighted by atomic mass is 35.5. The molecule has 2 aromatic rings. The number of carbonyl (C=O) groups excluding carboxylic acids is 1. The fraction of sp³-hybridized carbons (Fsp3) is 0.350. The number of carbonyl (C=O) groups is 1.